The number of aromatic nitrogens is 1. The highest BCUT2D eigenvalue weighted by molar-refractivity contribution is 6.31. The molecular weight excluding hydrogens is 348 g/mol. The number of oxazole rings is 1. The number of nitrogens with zero attached hydrogens (tertiary/aromatic N) is 1. The molecule has 3 rings (SSSR count). The molecule has 0 saturated heterocycles. The standard InChI is InChI=1S/C17H13ClN2O5/c1-23-14-5-3-11(18)7-13(14)20-16(21)8-24-17(22)10-2-4-12-15(6-10)25-9-19-12/h2-7,9H,8H2,1H3,(H,20,21). The second-order valence-electron chi connectivity index (χ2n) is 5.00. The smallest absolute Gasteiger partial charge is 0.338 e. The van der Waals surface area contributed by atoms with Crippen LogP contribution in [0.1, 0.15) is 10.4 Å². The van der Waals surface area contributed by atoms with E-state index in [2.05, 4.69) is 10.3 Å². The number of ether oxygens (including phenoxy) is 2. The number of fused-ring (bicyclic) bond motifs is 1. The molecule has 3 aromatic rings. The summed E-state index contributed by atoms with van der Waals surface area (Å²) < 4.78 is 15.3. The van der Waals surface area contributed by atoms with Crippen LogP contribution in [-0.4, -0.2) is 30.6 Å². The topological polar surface area (TPSA) is 90.7 Å². The molecule has 0 fully saturated rings. The van der Waals surface area contributed by atoms with Gasteiger partial charge in [-0.1, -0.05) is 11.6 Å². The van der Waals surface area contributed by atoms with Gasteiger partial charge in [0.2, 0.25) is 0 Å². The first-order valence-corrected chi connectivity index (χ1v) is 7.58. The summed E-state index contributed by atoms with van der Waals surface area (Å²) in [7, 11) is 1.47. The fraction of sp³-hybridized carbons (Fsp3) is 0.118. The average molecular weight is 361 g/mol. The van der Waals surface area contributed by atoms with Gasteiger partial charge >= 0.3 is 5.97 Å². The summed E-state index contributed by atoms with van der Waals surface area (Å²) in [5.41, 5.74) is 1.74. The molecule has 25 heavy (non-hydrogen) atoms. The lowest BCUT2D eigenvalue weighted by molar-refractivity contribution is -0.119. The molecule has 1 aromatic heterocycles. The number of halogens is 1. The summed E-state index contributed by atoms with van der Waals surface area (Å²) in [6, 6.07) is 9.48. The van der Waals surface area contributed by atoms with E-state index in [0.29, 0.717) is 27.6 Å². The molecule has 0 atom stereocenters. The number of rotatable bonds is 5. The average Bonchev–Trinajstić information content (AvgIpc) is 3.07. The summed E-state index contributed by atoms with van der Waals surface area (Å²) in [5, 5.41) is 3.02. The lowest BCUT2D eigenvalue weighted by Gasteiger charge is -2.10. The largest absolute Gasteiger partial charge is 0.495 e. The van der Waals surface area contributed by atoms with Crippen LogP contribution in [0.2, 0.25) is 5.02 Å². The van der Waals surface area contributed by atoms with E-state index >= 15 is 0 Å². The number of nitrogens with one attached hydrogen (secondary N) is 1. The van der Waals surface area contributed by atoms with Gasteiger partial charge in [0.25, 0.3) is 5.91 Å². The Labute approximate surface area is 147 Å². The number of carbonyl (C=O) groups excluding carboxylic acids is 2. The second kappa shape index (κ2) is 7.23. The highest BCUT2D eigenvalue weighted by atomic mass is 35.5. The van der Waals surface area contributed by atoms with Crippen molar-refractivity contribution in [2.75, 3.05) is 19.0 Å². The van der Waals surface area contributed by atoms with E-state index in [1.807, 2.05) is 0 Å². The third-order valence-electron chi connectivity index (χ3n) is 3.34. The predicted octanol–water partition coefficient (Wildman–Crippen LogP) is 3.29. The summed E-state index contributed by atoms with van der Waals surface area (Å²) >= 11 is 5.90. The van der Waals surface area contributed by atoms with Crippen molar-refractivity contribution in [3.05, 3.63) is 53.4 Å². The normalized spacial score (nSPS) is 10.5. The van der Waals surface area contributed by atoms with Crippen molar-refractivity contribution >= 4 is 40.3 Å². The molecule has 0 bridgehead atoms. The number of anilines is 1. The first kappa shape index (κ1) is 16.8. The van der Waals surface area contributed by atoms with Crippen molar-refractivity contribution < 1.29 is 23.5 Å². The third-order valence-corrected chi connectivity index (χ3v) is 3.57. The minimum Gasteiger partial charge on any atom is -0.495 e. The van der Waals surface area contributed by atoms with Crippen molar-refractivity contribution in [1.82, 2.24) is 4.98 Å². The number of hydrogen-bond acceptors (Lipinski definition) is 6. The molecule has 1 heterocycles. The highest BCUT2D eigenvalue weighted by Crippen LogP contribution is 2.27. The zero-order chi connectivity index (χ0) is 17.8. The van der Waals surface area contributed by atoms with Gasteiger partial charge in [-0.3, -0.25) is 4.79 Å². The SMILES string of the molecule is COc1ccc(Cl)cc1NC(=O)COC(=O)c1ccc2ncoc2c1. The van der Waals surface area contributed by atoms with E-state index in [0.717, 1.165) is 0 Å². The van der Waals surface area contributed by atoms with Gasteiger partial charge < -0.3 is 19.2 Å². The summed E-state index contributed by atoms with van der Waals surface area (Å²) in [4.78, 5) is 28.0. The van der Waals surface area contributed by atoms with Crippen LogP contribution < -0.4 is 10.1 Å². The Kier molecular flexibility index (Phi) is 4.85. The maximum absolute atomic E-state index is 12.0. The van der Waals surface area contributed by atoms with E-state index in [4.69, 9.17) is 25.5 Å². The van der Waals surface area contributed by atoms with Gasteiger partial charge in [-0.25, -0.2) is 9.78 Å². The van der Waals surface area contributed by atoms with Gasteiger partial charge in [0, 0.05) is 5.02 Å². The Balaban J connectivity index is 1.62. The Morgan fingerprint density at radius 3 is 2.88 bits per heavy atom. The molecule has 8 heteroatoms. The molecule has 0 saturated carbocycles. The quantitative estimate of drug-likeness (QED) is 0.702. The van der Waals surface area contributed by atoms with Crippen LogP contribution in [-0.2, 0) is 9.53 Å². The third kappa shape index (κ3) is 3.89. The Morgan fingerprint density at radius 1 is 1.24 bits per heavy atom. The van der Waals surface area contributed by atoms with Crippen LogP contribution >= 0.6 is 11.6 Å². The lowest BCUT2D eigenvalue weighted by Crippen LogP contribution is -2.21. The van der Waals surface area contributed by atoms with Gasteiger partial charge in [-0.15, -0.1) is 0 Å². The minimum absolute atomic E-state index is 0.261. The number of carbonyl (C=O) groups is 2. The Bertz CT molecular complexity index is 938. The van der Waals surface area contributed by atoms with Crippen LogP contribution in [0.5, 0.6) is 5.75 Å². The predicted molar refractivity (Wildman–Crippen MR) is 90.9 cm³/mol. The number of benzene rings is 2. The van der Waals surface area contributed by atoms with Gasteiger partial charge in [0.15, 0.2) is 18.6 Å². The molecule has 0 unspecified atom stereocenters. The zero-order valence-corrected chi connectivity index (χ0v) is 13.9. The van der Waals surface area contributed by atoms with Crippen LogP contribution in [0.15, 0.2) is 47.2 Å². The molecule has 1 N–H and O–H groups in total. The molecule has 0 aliphatic heterocycles. The van der Waals surface area contributed by atoms with Crippen molar-refractivity contribution in [3.63, 3.8) is 0 Å². The van der Waals surface area contributed by atoms with E-state index in [9.17, 15) is 9.59 Å². The van der Waals surface area contributed by atoms with Gasteiger partial charge in [0.05, 0.1) is 18.4 Å². The molecular formula is C17H13ClN2O5. The maximum Gasteiger partial charge on any atom is 0.338 e. The van der Waals surface area contributed by atoms with E-state index < -0.39 is 18.5 Å². The van der Waals surface area contributed by atoms with Crippen molar-refractivity contribution in [2.45, 2.75) is 0 Å². The van der Waals surface area contributed by atoms with E-state index in [1.165, 1.54) is 25.6 Å². The van der Waals surface area contributed by atoms with Gasteiger partial charge in [-0.2, -0.15) is 0 Å². The molecule has 0 aliphatic rings. The molecule has 7 nitrogen and oxygen atoms in total. The molecule has 128 valence electrons. The highest BCUT2D eigenvalue weighted by Gasteiger charge is 2.13. The molecule has 1 amide bonds. The van der Waals surface area contributed by atoms with Crippen molar-refractivity contribution in [1.29, 1.82) is 0 Å². The fourth-order valence-electron chi connectivity index (χ4n) is 2.16. The molecule has 0 spiro atoms. The number of esters is 1. The molecule has 2 aromatic carbocycles. The van der Waals surface area contributed by atoms with Crippen LogP contribution in [0, 0.1) is 0 Å². The van der Waals surface area contributed by atoms with Crippen LogP contribution in [0.4, 0.5) is 5.69 Å². The van der Waals surface area contributed by atoms with Crippen molar-refractivity contribution in [2.24, 2.45) is 0 Å². The summed E-state index contributed by atoms with van der Waals surface area (Å²) in [5.74, 6) is -0.721. The van der Waals surface area contributed by atoms with Crippen molar-refractivity contribution in [3.8, 4) is 5.75 Å². The zero-order valence-electron chi connectivity index (χ0n) is 13.1. The Morgan fingerprint density at radius 2 is 2.08 bits per heavy atom. The second-order valence-corrected chi connectivity index (χ2v) is 5.44. The monoisotopic (exact) mass is 360 g/mol. The summed E-state index contributed by atoms with van der Waals surface area (Å²) in [6.07, 6.45) is 1.28. The molecule has 0 radical (unpaired) electrons. The van der Waals surface area contributed by atoms with Gasteiger partial charge in [-0.05, 0) is 36.4 Å². The first-order chi connectivity index (χ1) is 12.1. The minimum atomic E-state index is -0.647. The first-order valence-electron chi connectivity index (χ1n) is 7.20. The van der Waals surface area contributed by atoms with Gasteiger partial charge in [0.1, 0.15) is 11.3 Å². The number of amides is 1. The van der Waals surface area contributed by atoms with E-state index in [-0.39, 0.29) is 5.56 Å². The fourth-order valence-corrected chi connectivity index (χ4v) is 2.33. The number of methoxy groups -OCH3 is 1. The van der Waals surface area contributed by atoms with Crippen LogP contribution in [0.25, 0.3) is 11.1 Å². The van der Waals surface area contributed by atoms with Crippen LogP contribution in [0.3, 0.4) is 0 Å². The Hall–Kier alpha value is -3.06. The maximum atomic E-state index is 12.0. The number of hydrogen-bond donors (Lipinski definition) is 1. The lowest BCUT2D eigenvalue weighted by atomic mass is 10.2. The summed E-state index contributed by atoms with van der Waals surface area (Å²) in [6.45, 7) is -0.455. The molecule has 0 aliphatic carbocycles. The van der Waals surface area contributed by atoms with E-state index in [1.54, 1.807) is 24.3 Å².